The number of hydrogen-bond acceptors (Lipinski definition) is 1. The molecule has 2 fully saturated rings. The lowest BCUT2D eigenvalue weighted by Crippen LogP contribution is -2.28. The molecule has 82 valence electrons. The Kier molecular flexibility index (Phi) is 4.18. The van der Waals surface area contributed by atoms with E-state index in [9.17, 15) is 5.11 Å². The lowest BCUT2D eigenvalue weighted by atomic mass is 9.97. The summed E-state index contributed by atoms with van der Waals surface area (Å²) in [5.41, 5.74) is 0. The minimum absolute atomic E-state index is 0.0211. The molecular formula is C12H23OS+. The topological polar surface area (TPSA) is 20.2 Å². The van der Waals surface area contributed by atoms with Gasteiger partial charge >= 0.3 is 0 Å². The maximum absolute atomic E-state index is 9.43. The summed E-state index contributed by atoms with van der Waals surface area (Å²) in [6.07, 6.45) is 12.0. The summed E-state index contributed by atoms with van der Waals surface area (Å²) < 4.78 is 0. The van der Waals surface area contributed by atoms with Crippen molar-refractivity contribution in [1.82, 2.24) is 0 Å². The molecule has 0 radical (unpaired) electrons. The van der Waals surface area contributed by atoms with Crippen LogP contribution in [0.15, 0.2) is 0 Å². The van der Waals surface area contributed by atoms with Crippen LogP contribution in [0.2, 0.25) is 0 Å². The number of hydrogen-bond donors (Lipinski definition) is 1. The number of aliphatic hydroxyl groups is 1. The SMILES string of the molecule is OC1CCC([SH+]C2CCCCC2)CC1. The molecule has 0 aromatic heterocycles. The zero-order chi connectivity index (χ0) is 9.80. The summed E-state index contributed by atoms with van der Waals surface area (Å²) in [5.74, 6) is 0. The van der Waals surface area contributed by atoms with Gasteiger partial charge in [0.15, 0.2) is 0 Å². The molecule has 0 bridgehead atoms. The van der Waals surface area contributed by atoms with Crippen molar-refractivity contribution in [3.8, 4) is 0 Å². The molecule has 2 saturated carbocycles. The lowest BCUT2D eigenvalue weighted by Gasteiger charge is -2.24. The second kappa shape index (κ2) is 5.41. The van der Waals surface area contributed by atoms with Gasteiger partial charge in [-0.3, -0.25) is 0 Å². The Labute approximate surface area is 91.7 Å². The van der Waals surface area contributed by atoms with Crippen LogP contribution < -0.4 is 0 Å². The normalized spacial score (nSPS) is 35.8. The van der Waals surface area contributed by atoms with Crippen LogP contribution in [0.3, 0.4) is 0 Å². The van der Waals surface area contributed by atoms with Gasteiger partial charge in [0.05, 0.1) is 6.10 Å². The average molecular weight is 215 g/mol. The third-order valence-electron chi connectivity index (χ3n) is 3.66. The van der Waals surface area contributed by atoms with Crippen molar-refractivity contribution in [2.45, 2.75) is 74.4 Å². The van der Waals surface area contributed by atoms with Crippen molar-refractivity contribution in [1.29, 1.82) is 0 Å². The minimum Gasteiger partial charge on any atom is -0.393 e. The average Bonchev–Trinajstić information content (AvgIpc) is 2.23. The van der Waals surface area contributed by atoms with Crippen LogP contribution in [-0.2, 0) is 11.8 Å². The van der Waals surface area contributed by atoms with Gasteiger partial charge in [0, 0.05) is 0 Å². The predicted octanol–water partition coefficient (Wildman–Crippen LogP) is 2.44. The summed E-state index contributed by atoms with van der Waals surface area (Å²) in [5, 5.41) is 11.4. The van der Waals surface area contributed by atoms with Crippen molar-refractivity contribution in [3.63, 3.8) is 0 Å². The molecule has 0 atom stereocenters. The number of aliphatic hydroxyl groups excluding tert-OH is 1. The molecule has 2 aliphatic rings. The van der Waals surface area contributed by atoms with E-state index in [1.807, 2.05) is 0 Å². The molecule has 1 N–H and O–H groups in total. The van der Waals surface area contributed by atoms with Crippen molar-refractivity contribution in [2.24, 2.45) is 0 Å². The Hall–Kier alpha value is 0.310. The third kappa shape index (κ3) is 3.16. The summed E-state index contributed by atoms with van der Waals surface area (Å²) in [4.78, 5) is 0. The van der Waals surface area contributed by atoms with Gasteiger partial charge in [0.2, 0.25) is 0 Å². The Morgan fingerprint density at radius 2 is 1.29 bits per heavy atom. The molecule has 0 spiro atoms. The molecular weight excluding hydrogens is 192 g/mol. The molecule has 2 heteroatoms. The molecule has 0 saturated heterocycles. The molecule has 14 heavy (non-hydrogen) atoms. The van der Waals surface area contributed by atoms with Crippen LogP contribution in [0.5, 0.6) is 0 Å². The van der Waals surface area contributed by atoms with Gasteiger partial charge in [-0.25, -0.2) is 0 Å². The number of rotatable bonds is 2. The summed E-state index contributed by atoms with van der Waals surface area (Å²) >= 11 is 1.72. The van der Waals surface area contributed by atoms with Gasteiger partial charge in [-0.05, 0) is 63.1 Å². The highest BCUT2D eigenvalue weighted by molar-refractivity contribution is 7.79. The fraction of sp³-hybridized carbons (Fsp3) is 1.00. The van der Waals surface area contributed by atoms with Crippen molar-refractivity contribution < 1.29 is 5.11 Å². The number of thiol groups is 1. The summed E-state index contributed by atoms with van der Waals surface area (Å²) in [7, 11) is 0. The lowest BCUT2D eigenvalue weighted by molar-refractivity contribution is 0.132. The standard InChI is InChI=1S/C12H22OS/c13-10-6-8-12(9-7-10)14-11-4-2-1-3-5-11/h10-13H,1-9H2/p+1. The van der Waals surface area contributed by atoms with Crippen molar-refractivity contribution >= 4 is 11.8 Å². The van der Waals surface area contributed by atoms with Gasteiger partial charge in [-0.1, -0.05) is 6.42 Å². The maximum Gasteiger partial charge on any atom is 0.116 e. The molecule has 0 aromatic carbocycles. The van der Waals surface area contributed by atoms with Crippen LogP contribution in [0.4, 0.5) is 0 Å². The van der Waals surface area contributed by atoms with E-state index in [2.05, 4.69) is 0 Å². The summed E-state index contributed by atoms with van der Waals surface area (Å²) in [6.45, 7) is 0. The van der Waals surface area contributed by atoms with Crippen molar-refractivity contribution in [2.75, 3.05) is 0 Å². The van der Waals surface area contributed by atoms with Crippen LogP contribution in [0.1, 0.15) is 57.8 Å². The molecule has 0 unspecified atom stereocenters. The zero-order valence-corrected chi connectivity index (χ0v) is 9.88. The second-order valence-electron chi connectivity index (χ2n) is 4.90. The first-order valence-electron chi connectivity index (χ1n) is 6.22. The summed E-state index contributed by atoms with van der Waals surface area (Å²) in [6, 6.07) is 0. The highest BCUT2D eigenvalue weighted by atomic mass is 32.2. The van der Waals surface area contributed by atoms with E-state index in [4.69, 9.17) is 0 Å². The Balaban J connectivity index is 1.68. The minimum atomic E-state index is 0.0211. The molecule has 0 aromatic rings. The van der Waals surface area contributed by atoms with Gasteiger partial charge in [0.25, 0.3) is 0 Å². The maximum atomic E-state index is 9.43. The van der Waals surface area contributed by atoms with Crippen LogP contribution >= 0.6 is 0 Å². The molecule has 0 heterocycles. The van der Waals surface area contributed by atoms with Crippen LogP contribution in [0.25, 0.3) is 0 Å². The third-order valence-corrected chi connectivity index (χ3v) is 5.54. The van der Waals surface area contributed by atoms with E-state index < -0.39 is 0 Å². The fourth-order valence-electron chi connectivity index (χ4n) is 2.74. The van der Waals surface area contributed by atoms with Gasteiger partial charge in [-0.15, -0.1) is 0 Å². The van der Waals surface area contributed by atoms with Crippen LogP contribution in [0, 0.1) is 0 Å². The highest BCUT2D eigenvalue weighted by Crippen LogP contribution is 2.27. The van der Waals surface area contributed by atoms with Gasteiger partial charge in [-0.2, -0.15) is 0 Å². The van der Waals surface area contributed by atoms with E-state index in [0.717, 1.165) is 23.3 Å². The Bertz CT molecular complexity index is 158. The molecule has 0 amide bonds. The second-order valence-corrected chi connectivity index (χ2v) is 6.66. The van der Waals surface area contributed by atoms with Gasteiger partial charge in [0.1, 0.15) is 10.5 Å². The van der Waals surface area contributed by atoms with Crippen molar-refractivity contribution in [3.05, 3.63) is 0 Å². The van der Waals surface area contributed by atoms with E-state index in [-0.39, 0.29) is 6.10 Å². The van der Waals surface area contributed by atoms with Crippen LogP contribution in [-0.4, -0.2) is 21.7 Å². The molecule has 1 nitrogen and oxygen atoms in total. The first-order valence-corrected chi connectivity index (χ1v) is 7.26. The van der Waals surface area contributed by atoms with E-state index >= 15 is 0 Å². The van der Waals surface area contributed by atoms with E-state index in [1.165, 1.54) is 44.9 Å². The highest BCUT2D eigenvalue weighted by Gasteiger charge is 2.29. The fourth-order valence-corrected chi connectivity index (χ4v) is 4.59. The van der Waals surface area contributed by atoms with E-state index in [0.29, 0.717) is 0 Å². The molecule has 2 aliphatic carbocycles. The quantitative estimate of drug-likeness (QED) is 0.554. The largest absolute Gasteiger partial charge is 0.393 e. The Morgan fingerprint density at radius 1 is 0.714 bits per heavy atom. The first kappa shape index (κ1) is 10.8. The predicted molar refractivity (Wildman–Crippen MR) is 63.9 cm³/mol. The zero-order valence-electron chi connectivity index (χ0n) is 8.99. The smallest absolute Gasteiger partial charge is 0.116 e. The monoisotopic (exact) mass is 215 g/mol. The first-order chi connectivity index (χ1) is 6.84. The molecule has 0 aliphatic heterocycles. The van der Waals surface area contributed by atoms with Gasteiger partial charge < -0.3 is 5.11 Å². The van der Waals surface area contributed by atoms with E-state index in [1.54, 1.807) is 11.8 Å². The Morgan fingerprint density at radius 3 is 1.93 bits per heavy atom. The molecule has 2 rings (SSSR count).